The van der Waals surface area contributed by atoms with E-state index in [1.165, 1.54) is 0 Å². The Morgan fingerprint density at radius 3 is 2.70 bits per heavy atom. The minimum absolute atomic E-state index is 0.185. The fraction of sp³-hybridized carbons (Fsp3) is 0. The van der Waals surface area contributed by atoms with Gasteiger partial charge >= 0.3 is 0 Å². The molecule has 0 heterocycles. The number of nitrogens with one attached hydrogen (secondary N) is 3. The van der Waals surface area contributed by atoms with Crippen LogP contribution in [0, 0.1) is 0 Å². The van der Waals surface area contributed by atoms with Gasteiger partial charge in [-0.15, -0.1) is 10.5 Å². The molecule has 0 spiro atoms. The van der Waals surface area contributed by atoms with Crippen molar-refractivity contribution >= 4 is 45.2 Å². The number of benzene rings is 2. The number of anilines is 1. The van der Waals surface area contributed by atoms with E-state index >= 15 is 0 Å². The first-order valence-electron chi connectivity index (χ1n) is 5.84. The minimum atomic E-state index is 0.185. The zero-order valence-corrected chi connectivity index (χ0v) is 12.8. The van der Waals surface area contributed by atoms with Crippen LogP contribution >= 0.6 is 28.1 Å². The highest BCUT2D eigenvalue weighted by Gasteiger charge is 2.02. The van der Waals surface area contributed by atoms with Crippen LogP contribution in [0.2, 0.25) is 0 Å². The smallest absolute Gasteiger partial charge is 0.228 e. The maximum atomic E-state index is 9.67. The number of halogens is 1. The normalized spacial score (nSPS) is 10.4. The molecule has 0 fully saturated rings. The van der Waals surface area contributed by atoms with E-state index in [0.717, 1.165) is 10.2 Å². The average molecular weight is 351 g/mol. The summed E-state index contributed by atoms with van der Waals surface area (Å²) in [6.07, 6.45) is 1.62. The molecule has 0 saturated carbocycles. The van der Waals surface area contributed by atoms with Crippen LogP contribution in [0.25, 0.3) is 0 Å². The standard InChI is InChI=1S/C14H12BrN3OS/c15-11-6-7-13(19)10(8-11)9-16-18-14(20)17-12-4-2-1-3-5-12/h1-9,19H,(H2,17,18,20)/p+1/b16-9+. The summed E-state index contributed by atoms with van der Waals surface area (Å²) in [5.41, 5.74) is 4.36. The van der Waals surface area contributed by atoms with Gasteiger partial charge in [-0.2, -0.15) is 0 Å². The van der Waals surface area contributed by atoms with Gasteiger partial charge in [-0.25, -0.2) is 0 Å². The summed E-state index contributed by atoms with van der Waals surface area (Å²) in [5.74, 6) is 0.185. The molecule has 102 valence electrons. The Bertz CT molecular complexity index is 632. The lowest BCUT2D eigenvalue weighted by atomic mass is 10.2. The van der Waals surface area contributed by atoms with Crippen LogP contribution in [0.4, 0.5) is 5.69 Å². The van der Waals surface area contributed by atoms with Gasteiger partial charge in [0.15, 0.2) is 0 Å². The van der Waals surface area contributed by atoms with E-state index in [1.807, 2.05) is 30.3 Å². The molecule has 0 atom stereocenters. The molecule has 4 N–H and O–H groups in total. The number of hydrogen-bond donors (Lipinski definition) is 4. The van der Waals surface area contributed by atoms with Crippen LogP contribution in [0.15, 0.2) is 53.0 Å². The first-order valence-corrected chi connectivity index (χ1v) is 7.04. The molecule has 0 amide bonds. The second kappa shape index (κ2) is 7.02. The summed E-state index contributed by atoms with van der Waals surface area (Å²) < 4.78 is 0.883. The lowest BCUT2D eigenvalue weighted by Gasteiger charge is -2.03. The van der Waals surface area contributed by atoms with Crippen LogP contribution in [0.5, 0.6) is 5.75 Å². The molecule has 2 aromatic rings. The Kier molecular flexibility index (Phi) is 5.09. The van der Waals surface area contributed by atoms with E-state index in [0.29, 0.717) is 10.7 Å². The molecule has 4 nitrogen and oxygen atoms in total. The van der Waals surface area contributed by atoms with E-state index in [4.69, 9.17) is 12.2 Å². The number of hydrazine groups is 1. The summed E-state index contributed by atoms with van der Waals surface area (Å²) >= 11 is 8.48. The predicted molar refractivity (Wildman–Crippen MR) is 87.7 cm³/mol. The number of rotatable bonds is 3. The van der Waals surface area contributed by atoms with Crippen LogP contribution in [-0.4, -0.2) is 16.4 Å². The molecule has 0 radical (unpaired) electrons. The van der Waals surface area contributed by atoms with Crippen molar-refractivity contribution < 1.29 is 10.2 Å². The van der Waals surface area contributed by atoms with E-state index < -0.39 is 0 Å². The largest absolute Gasteiger partial charge is 0.507 e. The van der Waals surface area contributed by atoms with E-state index in [2.05, 4.69) is 31.8 Å². The Morgan fingerprint density at radius 2 is 1.95 bits per heavy atom. The number of aromatic hydroxyl groups is 1. The molecular weight excluding hydrogens is 338 g/mol. The number of thiocarbonyl (C=S) groups is 1. The Balaban J connectivity index is 1.93. The maximum Gasteiger partial charge on any atom is 0.228 e. The van der Waals surface area contributed by atoms with Gasteiger partial charge in [-0.1, -0.05) is 34.1 Å². The molecule has 0 aliphatic heterocycles. The summed E-state index contributed by atoms with van der Waals surface area (Å²) in [5, 5.41) is 15.9. The number of hydrogen-bond acceptors (Lipinski definition) is 2. The second-order valence-corrected chi connectivity index (χ2v) is 5.26. The van der Waals surface area contributed by atoms with Gasteiger partial charge in [0.25, 0.3) is 0 Å². The third kappa shape index (κ3) is 4.32. The van der Waals surface area contributed by atoms with Gasteiger partial charge in [0.2, 0.25) is 11.3 Å². The molecule has 0 saturated heterocycles. The highest BCUT2D eigenvalue weighted by Crippen LogP contribution is 2.19. The van der Waals surface area contributed by atoms with E-state index in [1.54, 1.807) is 24.4 Å². The topological polar surface area (TPSA) is 58.3 Å². The van der Waals surface area contributed by atoms with Crippen LogP contribution in [0.3, 0.4) is 0 Å². The van der Waals surface area contributed by atoms with Crippen molar-refractivity contribution in [2.45, 2.75) is 0 Å². The molecule has 0 aromatic heterocycles. The highest BCUT2D eigenvalue weighted by atomic mass is 79.9. The molecule has 6 heteroatoms. The molecule has 0 unspecified atom stereocenters. The van der Waals surface area contributed by atoms with Crippen molar-refractivity contribution in [2.75, 3.05) is 5.32 Å². The lowest BCUT2D eigenvalue weighted by molar-refractivity contribution is -0.499. The lowest BCUT2D eigenvalue weighted by Crippen LogP contribution is -2.82. The fourth-order valence-electron chi connectivity index (χ4n) is 1.50. The third-order valence-electron chi connectivity index (χ3n) is 2.43. The Morgan fingerprint density at radius 1 is 1.20 bits per heavy atom. The Labute approximate surface area is 130 Å². The third-order valence-corrected chi connectivity index (χ3v) is 3.13. The van der Waals surface area contributed by atoms with E-state index in [9.17, 15) is 5.11 Å². The number of phenols is 1. The molecule has 2 aromatic carbocycles. The van der Waals surface area contributed by atoms with Gasteiger partial charge in [0, 0.05) is 10.2 Å². The van der Waals surface area contributed by atoms with Crippen molar-refractivity contribution in [3.63, 3.8) is 0 Å². The van der Waals surface area contributed by atoms with Crippen molar-refractivity contribution in [3.05, 3.63) is 58.6 Å². The van der Waals surface area contributed by atoms with Gasteiger partial charge in [0.1, 0.15) is 5.75 Å². The molecular formula is C14H13BrN3OS+. The molecule has 20 heavy (non-hydrogen) atoms. The fourth-order valence-corrected chi connectivity index (χ4v) is 2.06. The molecule has 2 rings (SSSR count). The van der Waals surface area contributed by atoms with Crippen molar-refractivity contribution in [2.24, 2.45) is 0 Å². The second-order valence-electron chi connectivity index (χ2n) is 3.94. The SMILES string of the molecule is Oc1ccc(Br)cc1/C=[NH+]/NC(=S)Nc1ccccc1. The zero-order chi connectivity index (χ0) is 14.4. The van der Waals surface area contributed by atoms with Crippen LogP contribution in [0.1, 0.15) is 5.56 Å². The Hall–Kier alpha value is -1.92. The van der Waals surface area contributed by atoms with Gasteiger partial charge < -0.3 is 10.4 Å². The van der Waals surface area contributed by atoms with E-state index in [-0.39, 0.29) is 5.75 Å². The predicted octanol–water partition coefficient (Wildman–Crippen LogP) is 1.56. The summed E-state index contributed by atoms with van der Waals surface area (Å²) in [7, 11) is 0. The van der Waals surface area contributed by atoms with Gasteiger partial charge in [0.05, 0.1) is 5.56 Å². The van der Waals surface area contributed by atoms with Crippen molar-refractivity contribution in [1.82, 2.24) is 5.43 Å². The van der Waals surface area contributed by atoms with Crippen molar-refractivity contribution in [1.29, 1.82) is 0 Å². The van der Waals surface area contributed by atoms with Gasteiger partial charge in [-0.3, -0.25) is 0 Å². The highest BCUT2D eigenvalue weighted by molar-refractivity contribution is 9.10. The molecule has 0 bridgehead atoms. The monoisotopic (exact) mass is 350 g/mol. The maximum absolute atomic E-state index is 9.67. The van der Waals surface area contributed by atoms with Crippen LogP contribution in [-0.2, 0) is 0 Å². The summed E-state index contributed by atoms with van der Waals surface area (Å²) in [6, 6.07) is 14.8. The molecule has 0 aliphatic carbocycles. The number of phenolic OH excluding ortho intramolecular Hbond substituents is 1. The number of hydrazone groups is 1. The first kappa shape index (κ1) is 14.5. The van der Waals surface area contributed by atoms with Crippen molar-refractivity contribution in [3.8, 4) is 5.75 Å². The minimum Gasteiger partial charge on any atom is -0.507 e. The average Bonchev–Trinajstić information content (AvgIpc) is 2.44. The first-order chi connectivity index (χ1) is 9.65. The number of para-hydroxylation sites is 1. The summed E-state index contributed by atoms with van der Waals surface area (Å²) in [6.45, 7) is 0. The quantitative estimate of drug-likeness (QED) is 0.385. The molecule has 0 aliphatic rings. The van der Waals surface area contributed by atoms with Gasteiger partial charge in [-0.05, 0) is 42.5 Å². The summed E-state index contributed by atoms with van der Waals surface area (Å²) in [4.78, 5) is 0. The zero-order valence-electron chi connectivity index (χ0n) is 10.4. The van der Waals surface area contributed by atoms with Crippen LogP contribution < -0.4 is 15.8 Å².